The number of nitrogens with zero attached hydrogens (tertiary/aromatic N) is 1. The van der Waals surface area contributed by atoms with Crippen LogP contribution in [-0.4, -0.2) is 74.2 Å². The Bertz CT molecular complexity index is 2050. The van der Waals surface area contributed by atoms with Gasteiger partial charge in [0.15, 0.2) is 18.0 Å². The maximum Gasteiger partial charge on any atom is 0.472 e. The Balaban J connectivity index is 1.17. The minimum absolute atomic E-state index is 0.00809. The Morgan fingerprint density at radius 2 is 0.943 bits per heavy atom. The molecule has 10 heteroatoms. The van der Waals surface area contributed by atoms with Crippen LogP contribution in [0.1, 0.15) is 219 Å². The molecule has 4 rings (SSSR count). The third-order valence-electron chi connectivity index (χ3n) is 14.1. The molecule has 0 aliphatic rings. The van der Waals surface area contributed by atoms with Gasteiger partial charge in [0.25, 0.3) is 0 Å². The van der Waals surface area contributed by atoms with Crippen LogP contribution in [0, 0.1) is 0 Å². The summed E-state index contributed by atoms with van der Waals surface area (Å²) >= 11 is 0. The Hall–Kier alpha value is -3.07. The van der Waals surface area contributed by atoms with Crippen molar-refractivity contribution in [1.29, 1.82) is 0 Å². The van der Waals surface area contributed by atoms with Gasteiger partial charge in [-0.2, -0.15) is 0 Å². The molecule has 4 aromatic rings. The molecule has 0 amide bonds. The highest BCUT2D eigenvalue weighted by molar-refractivity contribution is 7.47. The summed E-state index contributed by atoms with van der Waals surface area (Å²) in [4.78, 5) is 38.4. The number of Topliss-reactive ketones (excluding diaryl/α,β-unsaturated/α-hetero) is 1. The number of phosphoric ester groups is 1. The molecule has 0 saturated heterocycles. The average molecular weight is 991 g/mol. The first-order valence-corrected chi connectivity index (χ1v) is 29.9. The third kappa shape index (κ3) is 23.6. The number of benzene rings is 4. The summed E-state index contributed by atoms with van der Waals surface area (Å²) in [6.07, 6.45) is 36.0. The summed E-state index contributed by atoms with van der Waals surface area (Å²) in [6.45, 7) is 4.33. The zero-order valence-electron chi connectivity index (χ0n) is 44.8. The minimum atomic E-state index is -4.56. The van der Waals surface area contributed by atoms with Crippen LogP contribution in [0.2, 0.25) is 0 Å². The fourth-order valence-corrected chi connectivity index (χ4v) is 10.5. The molecule has 0 bridgehead atoms. The zero-order chi connectivity index (χ0) is 50.3. The van der Waals surface area contributed by atoms with E-state index in [9.17, 15) is 19.0 Å². The van der Waals surface area contributed by atoms with Crippen molar-refractivity contribution in [1.82, 2.24) is 0 Å². The lowest BCUT2D eigenvalue weighted by atomic mass is 9.94. The smallest absolute Gasteiger partial charge is 0.472 e. The van der Waals surface area contributed by atoms with Gasteiger partial charge in [-0.1, -0.05) is 236 Å². The second-order valence-electron chi connectivity index (χ2n) is 21.5. The van der Waals surface area contributed by atoms with Crippen LogP contribution < -0.4 is 4.74 Å². The number of hydrogen-bond donors (Lipinski definition) is 1. The highest BCUT2D eigenvalue weighted by atomic mass is 31.2. The molecule has 0 aliphatic carbocycles. The summed E-state index contributed by atoms with van der Waals surface area (Å²) in [7, 11) is 1.32. The number of quaternary nitrogens is 1. The highest BCUT2D eigenvalue weighted by Crippen LogP contribution is 2.44. The van der Waals surface area contributed by atoms with E-state index in [-0.39, 0.29) is 25.2 Å². The number of ketones is 1. The number of likely N-dealkylation sites (N-methyl/N-ethyl adjacent to an activating group) is 1. The van der Waals surface area contributed by atoms with Crippen molar-refractivity contribution in [2.45, 2.75) is 232 Å². The van der Waals surface area contributed by atoms with Crippen molar-refractivity contribution in [3.63, 3.8) is 0 Å². The van der Waals surface area contributed by atoms with Gasteiger partial charge in [-0.25, -0.2) is 4.57 Å². The third-order valence-corrected chi connectivity index (χ3v) is 15.1. The van der Waals surface area contributed by atoms with E-state index in [1.54, 1.807) is 0 Å². The minimum Gasteiger partial charge on any atom is -0.483 e. The average Bonchev–Trinajstić information content (AvgIpc) is 3.33. The maximum atomic E-state index is 14.1. The Kier molecular flexibility index (Phi) is 29.2. The van der Waals surface area contributed by atoms with Gasteiger partial charge in [0.05, 0.1) is 27.7 Å². The lowest BCUT2D eigenvalue weighted by molar-refractivity contribution is -0.870. The van der Waals surface area contributed by atoms with E-state index in [1.807, 2.05) is 51.5 Å². The number of ether oxygens (including phenoxy) is 2. The van der Waals surface area contributed by atoms with Gasteiger partial charge in [0.1, 0.15) is 18.9 Å². The van der Waals surface area contributed by atoms with Gasteiger partial charge in [-0.05, 0) is 46.5 Å². The standard InChI is InChI=1S/C60H96NO8P/c1-6-8-10-11-12-13-14-15-16-17-18-19-20-21-22-23-24-25-26-27-28-29-30-31-32-33-35-40-57(63)69-60(54(62)39-34-9-7-2)56(49-67-70(64,65)66-48-47-61(3,4)5)68-55-46-44-52-42-41-50-37-36-38-51-43-45-53(55)59(52)58(50)51/h36-38,41-46,56,60H,6-35,39-40,47-49H2,1-5H3/p+1/t56-,60?/m0/s1. The SMILES string of the molecule is CCCCCCCCCCCCCCCCCCCCCCCCCCCCCC(=O)OC(C(=O)CCCCC)[C@H](COP(=O)(O)OCC[N+](C)(C)C)Oc1ccc2ccc3cccc4ccc1c2c34. The molecule has 394 valence electrons. The highest BCUT2D eigenvalue weighted by Gasteiger charge is 2.37. The lowest BCUT2D eigenvalue weighted by Crippen LogP contribution is -2.44. The first-order chi connectivity index (χ1) is 33.9. The molecular weight excluding hydrogens is 894 g/mol. The van der Waals surface area contributed by atoms with E-state index in [1.165, 1.54) is 148 Å². The quantitative estimate of drug-likeness (QED) is 0.0153. The Morgan fingerprint density at radius 3 is 1.43 bits per heavy atom. The molecule has 0 spiro atoms. The van der Waals surface area contributed by atoms with Crippen molar-refractivity contribution in [3.05, 3.63) is 54.6 Å². The van der Waals surface area contributed by atoms with Crippen molar-refractivity contribution < 1.29 is 42.1 Å². The van der Waals surface area contributed by atoms with E-state index in [0.717, 1.165) is 64.4 Å². The topological polar surface area (TPSA) is 108 Å². The van der Waals surface area contributed by atoms with Crippen LogP contribution in [0.5, 0.6) is 5.75 Å². The largest absolute Gasteiger partial charge is 0.483 e. The predicted molar refractivity (Wildman–Crippen MR) is 293 cm³/mol. The molecule has 0 aliphatic heterocycles. The molecule has 0 heterocycles. The molecule has 70 heavy (non-hydrogen) atoms. The monoisotopic (exact) mass is 991 g/mol. The first kappa shape index (κ1) is 59.5. The van der Waals surface area contributed by atoms with Gasteiger partial charge in [0, 0.05) is 23.6 Å². The molecule has 2 unspecified atom stereocenters. The second-order valence-corrected chi connectivity index (χ2v) is 22.9. The number of unbranched alkanes of at least 4 members (excludes halogenated alkanes) is 28. The summed E-state index contributed by atoms with van der Waals surface area (Å²) < 4.78 is 37.4. The number of carbonyl (C=O) groups is 2. The van der Waals surface area contributed by atoms with Crippen LogP contribution in [0.3, 0.4) is 0 Å². The van der Waals surface area contributed by atoms with Crippen molar-refractivity contribution >= 4 is 51.9 Å². The molecule has 0 radical (unpaired) electrons. The summed E-state index contributed by atoms with van der Waals surface area (Å²) in [6, 6.07) is 18.2. The molecule has 4 aromatic carbocycles. The molecule has 9 nitrogen and oxygen atoms in total. The zero-order valence-corrected chi connectivity index (χ0v) is 45.7. The van der Waals surface area contributed by atoms with E-state index in [0.29, 0.717) is 29.6 Å². The van der Waals surface area contributed by atoms with Crippen molar-refractivity contribution in [2.75, 3.05) is 40.9 Å². The Labute approximate surface area is 425 Å². The number of phosphoric acid groups is 1. The Morgan fingerprint density at radius 1 is 0.529 bits per heavy atom. The maximum absolute atomic E-state index is 14.1. The van der Waals surface area contributed by atoms with E-state index in [2.05, 4.69) is 38.1 Å². The van der Waals surface area contributed by atoms with Gasteiger partial charge < -0.3 is 18.9 Å². The number of hydrogen-bond acceptors (Lipinski definition) is 7. The molecule has 0 saturated carbocycles. The fraction of sp³-hybridized carbons (Fsp3) is 0.700. The number of carbonyl (C=O) groups excluding carboxylic acids is 2. The van der Waals surface area contributed by atoms with Gasteiger partial charge in [0.2, 0.25) is 0 Å². The van der Waals surface area contributed by atoms with Gasteiger partial charge in [-0.3, -0.25) is 18.6 Å². The summed E-state index contributed by atoms with van der Waals surface area (Å²) in [5.74, 6) is -0.318. The van der Waals surface area contributed by atoms with Crippen LogP contribution >= 0.6 is 7.82 Å². The molecule has 0 fully saturated rings. The van der Waals surface area contributed by atoms with Crippen LogP contribution in [0.15, 0.2) is 54.6 Å². The first-order valence-electron chi connectivity index (χ1n) is 28.4. The second kappa shape index (κ2) is 34.4. The summed E-state index contributed by atoms with van der Waals surface area (Å²) in [5, 5.41) is 6.17. The predicted octanol–water partition coefficient (Wildman–Crippen LogP) is 17.2. The number of rotatable bonds is 44. The van der Waals surface area contributed by atoms with Crippen LogP contribution in [-0.2, 0) is 27.9 Å². The fourth-order valence-electron chi connectivity index (χ4n) is 9.80. The molecular formula is C60H97NO8P+. The van der Waals surface area contributed by atoms with E-state index in [4.69, 9.17) is 18.5 Å². The van der Waals surface area contributed by atoms with Gasteiger partial charge >= 0.3 is 13.8 Å². The molecule has 3 atom stereocenters. The summed E-state index contributed by atoms with van der Waals surface area (Å²) in [5.41, 5.74) is 0. The molecule has 0 aromatic heterocycles. The molecule has 1 N–H and O–H groups in total. The van der Waals surface area contributed by atoms with Crippen LogP contribution in [0.25, 0.3) is 32.3 Å². The van der Waals surface area contributed by atoms with E-state index >= 15 is 0 Å². The normalized spacial score (nSPS) is 13.9. The van der Waals surface area contributed by atoms with Crippen LogP contribution in [0.4, 0.5) is 0 Å². The lowest BCUT2D eigenvalue weighted by Gasteiger charge is -2.28. The van der Waals surface area contributed by atoms with Crippen molar-refractivity contribution in [3.8, 4) is 5.75 Å². The van der Waals surface area contributed by atoms with Gasteiger partial charge in [-0.15, -0.1) is 0 Å². The van der Waals surface area contributed by atoms with E-state index < -0.39 is 32.6 Å². The van der Waals surface area contributed by atoms with Crippen molar-refractivity contribution in [2.24, 2.45) is 0 Å². The number of esters is 1.